The van der Waals surface area contributed by atoms with E-state index in [4.69, 9.17) is 4.52 Å². The maximum absolute atomic E-state index is 5.54. The van der Waals surface area contributed by atoms with E-state index in [2.05, 4.69) is 51.9 Å². The Hall–Kier alpha value is -2.40. The minimum absolute atomic E-state index is 0.454. The fraction of sp³-hybridized carbons (Fsp3) is 0.368. The molecule has 1 aromatic carbocycles. The van der Waals surface area contributed by atoms with E-state index >= 15 is 0 Å². The Labute approximate surface area is 141 Å². The van der Waals surface area contributed by atoms with Crippen molar-refractivity contribution in [2.75, 3.05) is 13.1 Å². The second-order valence-corrected chi connectivity index (χ2v) is 6.59. The van der Waals surface area contributed by atoms with E-state index in [1.54, 1.807) is 0 Å². The molecule has 1 saturated heterocycles. The normalized spacial score (nSPS) is 18.3. The summed E-state index contributed by atoms with van der Waals surface area (Å²) in [6.07, 6.45) is 1.13. The van der Waals surface area contributed by atoms with E-state index in [1.165, 1.54) is 5.69 Å². The van der Waals surface area contributed by atoms with Crippen LogP contribution in [-0.2, 0) is 6.54 Å². The van der Waals surface area contributed by atoms with E-state index in [0.717, 1.165) is 48.8 Å². The molecule has 0 aliphatic carbocycles. The number of aromatic nitrogens is 3. The third kappa shape index (κ3) is 2.99. The molecule has 3 heterocycles. The number of aryl methyl sites for hydroxylation is 2. The maximum Gasteiger partial charge on any atom is 0.151 e. The summed E-state index contributed by atoms with van der Waals surface area (Å²) in [5, 5.41) is 8.84. The molecule has 0 spiro atoms. The van der Waals surface area contributed by atoms with E-state index < -0.39 is 0 Å². The Kier molecular flexibility index (Phi) is 3.94. The van der Waals surface area contributed by atoms with Crippen molar-refractivity contribution in [3.05, 3.63) is 59.6 Å². The molecule has 1 aliphatic heterocycles. The minimum Gasteiger partial charge on any atom is -0.359 e. The predicted molar refractivity (Wildman–Crippen MR) is 92.6 cm³/mol. The van der Waals surface area contributed by atoms with Gasteiger partial charge in [0.2, 0.25) is 0 Å². The SMILES string of the molecule is Cc1cc(C)n([C@@H]2CCN(Cc3cc(-c4ccccc4)no3)C2)n1. The highest BCUT2D eigenvalue weighted by Crippen LogP contribution is 2.25. The Balaban J connectivity index is 1.42. The van der Waals surface area contributed by atoms with Crippen LogP contribution in [0.4, 0.5) is 0 Å². The summed E-state index contributed by atoms with van der Waals surface area (Å²) >= 11 is 0. The van der Waals surface area contributed by atoms with Crippen LogP contribution < -0.4 is 0 Å². The van der Waals surface area contributed by atoms with Gasteiger partial charge in [-0.25, -0.2) is 0 Å². The molecule has 24 heavy (non-hydrogen) atoms. The molecule has 4 rings (SSSR count). The summed E-state index contributed by atoms with van der Waals surface area (Å²) in [5.41, 5.74) is 4.33. The van der Waals surface area contributed by atoms with Crippen LogP contribution in [0.25, 0.3) is 11.3 Å². The molecular formula is C19H22N4O. The van der Waals surface area contributed by atoms with Crippen molar-refractivity contribution in [1.82, 2.24) is 19.8 Å². The number of benzene rings is 1. The molecule has 1 aliphatic rings. The predicted octanol–water partition coefficient (Wildman–Crippen LogP) is 3.60. The minimum atomic E-state index is 0.454. The number of likely N-dealkylation sites (tertiary alicyclic amines) is 1. The molecule has 5 heteroatoms. The van der Waals surface area contributed by atoms with Crippen molar-refractivity contribution in [1.29, 1.82) is 0 Å². The average Bonchev–Trinajstić information content (AvgIpc) is 3.29. The first kappa shape index (κ1) is 15.1. The quantitative estimate of drug-likeness (QED) is 0.736. The first-order chi connectivity index (χ1) is 11.7. The Morgan fingerprint density at radius 1 is 1.17 bits per heavy atom. The second kappa shape index (κ2) is 6.24. The lowest BCUT2D eigenvalue weighted by molar-refractivity contribution is 0.264. The molecule has 1 atom stereocenters. The topological polar surface area (TPSA) is 47.1 Å². The molecule has 0 amide bonds. The van der Waals surface area contributed by atoms with Gasteiger partial charge >= 0.3 is 0 Å². The molecular weight excluding hydrogens is 300 g/mol. The average molecular weight is 322 g/mol. The summed E-state index contributed by atoms with van der Waals surface area (Å²) in [6.45, 7) is 7.05. The highest BCUT2D eigenvalue weighted by Gasteiger charge is 2.26. The number of nitrogens with zero attached hydrogens (tertiary/aromatic N) is 4. The fourth-order valence-electron chi connectivity index (χ4n) is 3.52. The van der Waals surface area contributed by atoms with E-state index in [9.17, 15) is 0 Å². The number of hydrogen-bond donors (Lipinski definition) is 0. The Bertz CT molecular complexity index is 821. The molecule has 0 saturated carbocycles. The van der Waals surface area contributed by atoms with Crippen molar-refractivity contribution in [3.8, 4) is 11.3 Å². The van der Waals surface area contributed by atoms with Gasteiger partial charge in [0.05, 0.1) is 18.3 Å². The monoisotopic (exact) mass is 322 g/mol. The van der Waals surface area contributed by atoms with Crippen molar-refractivity contribution in [3.63, 3.8) is 0 Å². The molecule has 2 aromatic heterocycles. The molecule has 0 radical (unpaired) electrons. The number of hydrogen-bond acceptors (Lipinski definition) is 4. The molecule has 0 bridgehead atoms. The zero-order chi connectivity index (χ0) is 16.5. The smallest absolute Gasteiger partial charge is 0.151 e. The Morgan fingerprint density at radius 2 is 2.00 bits per heavy atom. The van der Waals surface area contributed by atoms with Gasteiger partial charge in [-0.1, -0.05) is 35.5 Å². The highest BCUT2D eigenvalue weighted by molar-refractivity contribution is 5.58. The molecule has 5 nitrogen and oxygen atoms in total. The van der Waals surface area contributed by atoms with Crippen molar-refractivity contribution in [2.45, 2.75) is 32.9 Å². The largest absolute Gasteiger partial charge is 0.359 e. The Morgan fingerprint density at radius 3 is 2.75 bits per heavy atom. The first-order valence-corrected chi connectivity index (χ1v) is 8.45. The summed E-state index contributed by atoms with van der Waals surface area (Å²) < 4.78 is 7.71. The van der Waals surface area contributed by atoms with Crippen LogP contribution in [0.3, 0.4) is 0 Å². The van der Waals surface area contributed by atoms with Gasteiger partial charge in [0.15, 0.2) is 5.76 Å². The molecule has 0 unspecified atom stereocenters. The number of rotatable bonds is 4. The van der Waals surface area contributed by atoms with Gasteiger partial charge in [0, 0.05) is 30.4 Å². The highest BCUT2D eigenvalue weighted by atomic mass is 16.5. The lowest BCUT2D eigenvalue weighted by Gasteiger charge is -2.15. The van der Waals surface area contributed by atoms with Crippen LogP contribution >= 0.6 is 0 Å². The molecule has 3 aromatic rings. The zero-order valence-electron chi connectivity index (χ0n) is 14.1. The summed E-state index contributed by atoms with van der Waals surface area (Å²) in [4.78, 5) is 2.41. The van der Waals surface area contributed by atoms with Gasteiger partial charge in [0.25, 0.3) is 0 Å². The van der Waals surface area contributed by atoms with Gasteiger partial charge in [-0.05, 0) is 26.3 Å². The van der Waals surface area contributed by atoms with Crippen LogP contribution in [0.5, 0.6) is 0 Å². The second-order valence-electron chi connectivity index (χ2n) is 6.59. The van der Waals surface area contributed by atoms with E-state index in [0.29, 0.717) is 6.04 Å². The maximum atomic E-state index is 5.54. The summed E-state index contributed by atoms with van der Waals surface area (Å²) in [6, 6.07) is 14.8. The van der Waals surface area contributed by atoms with Crippen molar-refractivity contribution >= 4 is 0 Å². The van der Waals surface area contributed by atoms with Gasteiger partial charge in [-0.2, -0.15) is 5.10 Å². The first-order valence-electron chi connectivity index (χ1n) is 8.45. The van der Waals surface area contributed by atoms with Crippen LogP contribution in [0.2, 0.25) is 0 Å². The van der Waals surface area contributed by atoms with Crippen molar-refractivity contribution in [2.24, 2.45) is 0 Å². The van der Waals surface area contributed by atoms with Crippen LogP contribution in [0, 0.1) is 13.8 Å². The van der Waals surface area contributed by atoms with Gasteiger partial charge in [0.1, 0.15) is 5.69 Å². The zero-order valence-corrected chi connectivity index (χ0v) is 14.1. The van der Waals surface area contributed by atoms with Crippen LogP contribution in [-0.4, -0.2) is 32.9 Å². The van der Waals surface area contributed by atoms with Gasteiger partial charge in [-0.3, -0.25) is 9.58 Å². The third-order valence-electron chi connectivity index (χ3n) is 4.65. The molecule has 0 N–H and O–H groups in total. The van der Waals surface area contributed by atoms with Gasteiger partial charge < -0.3 is 4.52 Å². The third-order valence-corrected chi connectivity index (χ3v) is 4.65. The van der Waals surface area contributed by atoms with Crippen LogP contribution in [0.15, 0.2) is 47.0 Å². The lowest BCUT2D eigenvalue weighted by Crippen LogP contribution is -2.21. The standard InChI is InChI=1S/C19H22N4O/c1-14-10-15(2)23(20-14)17-8-9-22(12-17)13-18-11-19(21-24-18)16-6-4-3-5-7-16/h3-7,10-11,17H,8-9,12-13H2,1-2H3/t17-/m1/s1. The summed E-state index contributed by atoms with van der Waals surface area (Å²) in [7, 11) is 0. The van der Waals surface area contributed by atoms with Crippen molar-refractivity contribution < 1.29 is 4.52 Å². The summed E-state index contributed by atoms with van der Waals surface area (Å²) in [5.74, 6) is 0.919. The molecule has 1 fully saturated rings. The lowest BCUT2D eigenvalue weighted by atomic mass is 10.1. The van der Waals surface area contributed by atoms with E-state index in [-0.39, 0.29) is 0 Å². The molecule has 124 valence electrons. The van der Waals surface area contributed by atoms with Gasteiger partial charge in [-0.15, -0.1) is 0 Å². The van der Waals surface area contributed by atoms with Crippen LogP contribution in [0.1, 0.15) is 29.6 Å². The van der Waals surface area contributed by atoms with E-state index in [1.807, 2.05) is 24.3 Å². The fourth-order valence-corrected chi connectivity index (χ4v) is 3.52.